The number of rotatable bonds is 8. The molecule has 0 spiro atoms. The summed E-state index contributed by atoms with van der Waals surface area (Å²) in [4.78, 5) is 16.6. The number of aromatic nitrogens is 1. The van der Waals surface area contributed by atoms with Crippen LogP contribution in [0.4, 0.5) is 4.39 Å². The zero-order valence-corrected chi connectivity index (χ0v) is 20.2. The van der Waals surface area contributed by atoms with Gasteiger partial charge in [0.15, 0.2) is 0 Å². The van der Waals surface area contributed by atoms with E-state index in [1.165, 1.54) is 26.4 Å². The largest absolute Gasteiger partial charge is 0.497 e. The Morgan fingerprint density at radius 2 is 1.83 bits per heavy atom. The van der Waals surface area contributed by atoms with Gasteiger partial charge in [-0.15, -0.1) is 0 Å². The molecule has 36 heavy (non-hydrogen) atoms. The monoisotopic (exact) mass is 488 g/mol. The van der Waals surface area contributed by atoms with Crippen LogP contribution in [-0.2, 0) is 11.2 Å². The van der Waals surface area contributed by atoms with E-state index in [1.54, 1.807) is 36.7 Å². The number of nitrogens with one attached hydrogen (secondary N) is 1. The molecule has 9 heteroatoms. The van der Waals surface area contributed by atoms with E-state index in [1.807, 2.05) is 19.1 Å². The van der Waals surface area contributed by atoms with E-state index >= 15 is 0 Å². The van der Waals surface area contributed by atoms with Crippen LogP contribution in [0, 0.1) is 5.82 Å². The molecule has 2 aromatic carbocycles. The first-order chi connectivity index (χ1) is 17.3. The Hall–Kier alpha value is -3.95. The van der Waals surface area contributed by atoms with E-state index in [0.29, 0.717) is 11.1 Å². The maximum absolute atomic E-state index is 14.2. The van der Waals surface area contributed by atoms with E-state index in [-0.39, 0.29) is 41.7 Å². The van der Waals surface area contributed by atoms with Gasteiger partial charge in [0.2, 0.25) is 5.91 Å². The molecule has 0 bridgehead atoms. The lowest BCUT2D eigenvalue weighted by atomic mass is 9.78. The fourth-order valence-corrected chi connectivity index (χ4v) is 4.38. The summed E-state index contributed by atoms with van der Waals surface area (Å²) in [6, 6.07) is 11.5. The lowest BCUT2D eigenvalue weighted by Gasteiger charge is -2.14. The normalized spacial score (nSPS) is 13.6. The van der Waals surface area contributed by atoms with E-state index in [0.717, 1.165) is 27.8 Å². The second-order valence-corrected chi connectivity index (χ2v) is 8.38. The standard InChI is InChI=1S/C27H26BFN2O5/c1-16-21(9-18-10-24(35-2)27(28(33)34)25(11-18)36-3)20-7-6-19(29)13-22(20)23(16)15-31-26(32)12-17-5-4-8-30-14-17/h4-11,13-14,33-34H,12,15H2,1-3H3,(H,31,32)/b21-9-. The van der Waals surface area contributed by atoms with Gasteiger partial charge in [-0.2, -0.15) is 0 Å². The number of allylic oxidation sites excluding steroid dienone is 2. The molecule has 4 rings (SSSR count). The summed E-state index contributed by atoms with van der Waals surface area (Å²) in [6.07, 6.45) is 5.39. The number of hydrogen-bond acceptors (Lipinski definition) is 6. The maximum atomic E-state index is 14.2. The summed E-state index contributed by atoms with van der Waals surface area (Å²) in [6.45, 7) is 2.16. The molecule has 0 saturated heterocycles. The van der Waals surface area contributed by atoms with E-state index in [4.69, 9.17) is 9.47 Å². The molecule has 1 aliphatic carbocycles. The van der Waals surface area contributed by atoms with Gasteiger partial charge in [0.05, 0.1) is 26.1 Å². The Labute approximate surface area is 209 Å². The molecule has 3 aromatic rings. The SMILES string of the molecule is COc1cc(/C=C2/C(C)=C(CNC(=O)Cc3cccnc3)c3cc(F)ccc32)cc(OC)c1B(O)O. The zero-order valence-electron chi connectivity index (χ0n) is 20.2. The highest BCUT2D eigenvalue weighted by molar-refractivity contribution is 6.61. The molecule has 0 unspecified atom stereocenters. The maximum Gasteiger partial charge on any atom is 0.496 e. The van der Waals surface area contributed by atoms with Gasteiger partial charge in [-0.05, 0) is 82.3 Å². The highest BCUT2D eigenvalue weighted by Crippen LogP contribution is 2.42. The molecule has 0 atom stereocenters. The van der Waals surface area contributed by atoms with Crippen molar-refractivity contribution in [2.24, 2.45) is 0 Å². The third-order valence-electron chi connectivity index (χ3n) is 6.14. The van der Waals surface area contributed by atoms with Gasteiger partial charge in [0.25, 0.3) is 0 Å². The highest BCUT2D eigenvalue weighted by Gasteiger charge is 2.26. The summed E-state index contributed by atoms with van der Waals surface area (Å²) in [5, 5.41) is 22.4. The number of pyridine rings is 1. The predicted molar refractivity (Wildman–Crippen MR) is 137 cm³/mol. The van der Waals surface area contributed by atoms with Crippen LogP contribution < -0.4 is 20.3 Å². The van der Waals surface area contributed by atoms with Gasteiger partial charge in [-0.3, -0.25) is 9.78 Å². The van der Waals surface area contributed by atoms with Crippen LogP contribution in [0.5, 0.6) is 11.5 Å². The van der Waals surface area contributed by atoms with Gasteiger partial charge < -0.3 is 24.8 Å². The summed E-state index contributed by atoms with van der Waals surface area (Å²) in [5.74, 6) is -0.00554. The molecule has 184 valence electrons. The Kier molecular flexibility index (Phi) is 7.52. The summed E-state index contributed by atoms with van der Waals surface area (Å²) < 4.78 is 24.9. The molecular formula is C27H26BFN2O5. The summed E-state index contributed by atoms with van der Waals surface area (Å²) >= 11 is 0. The Morgan fingerprint density at radius 3 is 2.44 bits per heavy atom. The quantitative estimate of drug-likeness (QED) is 0.422. The van der Waals surface area contributed by atoms with Gasteiger partial charge in [-0.25, -0.2) is 4.39 Å². The number of hydrogen-bond donors (Lipinski definition) is 3. The molecule has 0 aliphatic heterocycles. The molecule has 7 nitrogen and oxygen atoms in total. The summed E-state index contributed by atoms with van der Waals surface area (Å²) in [7, 11) is 1.10. The Bertz CT molecular complexity index is 1330. The number of ether oxygens (including phenoxy) is 2. The Morgan fingerprint density at radius 1 is 1.11 bits per heavy atom. The molecule has 0 saturated carbocycles. The van der Waals surface area contributed by atoms with Crippen LogP contribution in [0.3, 0.4) is 0 Å². The third kappa shape index (κ3) is 5.17. The first kappa shape index (κ1) is 25.2. The fourth-order valence-electron chi connectivity index (χ4n) is 4.38. The van der Waals surface area contributed by atoms with E-state index in [2.05, 4.69) is 10.3 Å². The van der Waals surface area contributed by atoms with Gasteiger partial charge in [-0.1, -0.05) is 12.1 Å². The lowest BCUT2D eigenvalue weighted by molar-refractivity contribution is -0.120. The number of nitrogens with zero attached hydrogens (tertiary/aromatic N) is 1. The van der Waals surface area contributed by atoms with E-state index < -0.39 is 7.12 Å². The average molecular weight is 488 g/mol. The van der Waals surface area contributed by atoms with Crippen LogP contribution in [0.25, 0.3) is 17.2 Å². The fraction of sp³-hybridized carbons (Fsp3) is 0.185. The van der Waals surface area contributed by atoms with Crippen LogP contribution in [0.1, 0.15) is 29.2 Å². The van der Waals surface area contributed by atoms with Gasteiger partial charge >= 0.3 is 7.12 Å². The molecule has 1 amide bonds. The molecule has 3 N–H and O–H groups in total. The second kappa shape index (κ2) is 10.8. The smallest absolute Gasteiger partial charge is 0.496 e. The lowest BCUT2D eigenvalue weighted by Crippen LogP contribution is -2.32. The Balaban J connectivity index is 1.69. The van der Waals surface area contributed by atoms with Crippen molar-refractivity contribution in [3.8, 4) is 11.5 Å². The first-order valence-electron chi connectivity index (χ1n) is 11.3. The van der Waals surface area contributed by atoms with Crippen LogP contribution in [-0.4, -0.2) is 48.8 Å². The summed E-state index contributed by atoms with van der Waals surface area (Å²) in [5.41, 5.74) is 5.72. The van der Waals surface area contributed by atoms with Crippen molar-refractivity contribution in [2.75, 3.05) is 20.8 Å². The molecule has 0 radical (unpaired) electrons. The zero-order chi connectivity index (χ0) is 25.8. The predicted octanol–water partition coefficient (Wildman–Crippen LogP) is 2.60. The van der Waals surface area contributed by atoms with Crippen molar-refractivity contribution in [3.05, 3.63) is 88.5 Å². The number of benzene rings is 2. The van der Waals surface area contributed by atoms with Crippen molar-refractivity contribution in [2.45, 2.75) is 13.3 Å². The second-order valence-electron chi connectivity index (χ2n) is 8.38. The molecule has 1 aliphatic rings. The molecule has 0 fully saturated rings. The van der Waals surface area contributed by atoms with Gasteiger partial charge in [0.1, 0.15) is 17.3 Å². The molecule has 1 aromatic heterocycles. The van der Waals surface area contributed by atoms with Crippen molar-refractivity contribution < 1.29 is 28.7 Å². The van der Waals surface area contributed by atoms with Crippen LogP contribution in [0.2, 0.25) is 0 Å². The van der Waals surface area contributed by atoms with Gasteiger partial charge in [0, 0.05) is 18.9 Å². The number of carbonyl (C=O) groups excluding carboxylic acids is 1. The van der Waals surface area contributed by atoms with Crippen molar-refractivity contribution in [1.29, 1.82) is 0 Å². The first-order valence-corrected chi connectivity index (χ1v) is 11.3. The number of carbonyl (C=O) groups is 1. The minimum absolute atomic E-state index is 0.125. The average Bonchev–Trinajstić information content (AvgIpc) is 3.12. The molecule has 1 heterocycles. The van der Waals surface area contributed by atoms with E-state index in [9.17, 15) is 19.2 Å². The van der Waals surface area contributed by atoms with Crippen LogP contribution >= 0.6 is 0 Å². The number of amides is 1. The minimum Gasteiger partial charge on any atom is -0.497 e. The van der Waals surface area contributed by atoms with Crippen molar-refractivity contribution in [1.82, 2.24) is 10.3 Å². The van der Waals surface area contributed by atoms with Crippen molar-refractivity contribution >= 4 is 35.7 Å². The van der Waals surface area contributed by atoms with Crippen LogP contribution in [0.15, 0.2) is 60.4 Å². The number of fused-ring (bicyclic) bond motifs is 1. The topological polar surface area (TPSA) is 101 Å². The minimum atomic E-state index is -1.77. The number of methoxy groups -OCH3 is 2. The number of halogens is 1. The molecular weight excluding hydrogens is 462 g/mol. The third-order valence-corrected chi connectivity index (χ3v) is 6.14. The highest BCUT2D eigenvalue weighted by atomic mass is 19.1. The van der Waals surface area contributed by atoms with Crippen molar-refractivity contribution in [3.63, 3.8) is 0 Å².